The maximum Gasteiger partial charge on any atom is 0.224 e. The molecule has 0 heterocycles. The van der Waals surface area contributed by atoms with Gasteiger partial charge in [0.1, 0.15) is 0 Å². The zero-order valence-electron chi connectivity index (χ0n) is 6.68. The van der Waals surface area contributed by atoms with Crippen LogP contribution in [-0.4, -0.2) is 11.7 Å². The predicted octanol–water partition coefficient (Wildman–Crippen LogP) is -0.0983. The Kier molecular flexibility index (Phi) is 3.95. The molecule has 0 aliphatic carbocycles. The first-order valence-electron chi connectivity index (χ1n) is 3.34. The molecule has 1 amide bonds. The van der Waals surface area contributed by atoms with Gasteiger partial charge < -0.3 is 11.1 Å². The van der Waals surface area contributed by atoms with Crippen molar-refractivity contribution in [1.82, 2.24) is 5.32 Å². The number of hydrogen-bond donors (Lipinski definition) is 2. The molecular weight excluding hydrogens is 144 g/mol. The first kappa shape index (κ1) is 9.68. The number of carbonyl (C=O) groups is 2. The van der Waals surface area contributed by atoms with Crippen molar-refractivity contribution in [2.75, 3.05) is 0 Å². The van der Waals surface area contributed by atoms with Crippen molar-refractivity contribution in [3.05, 3.63) is 11.9 Å². The van der Waals surface area contributed by atoms with Crippen LogP contribution in [0, 0.1) is 0 Å². The van der Waals surface area contributed by atoms with E-state index in [9.17, 15) is 9.59 Å². The highest BCUT2D eigenvalue weighted by atomic mass is 16.2. The Morgan fingerprint density at radius 3 is 2.36 bits per heavy atom. The summed E-state index contributed by atoms with van der Waals surface area (Å²) in [5.74, 6) is -0.453. The van der Waals surface area contributed by atoms with E-state index < -0.39 is 0 Å². The summed E-state index contributed by atoms with van der Waals surface area (Å²) in [6.07, 6.45) is 1.43. The first-order valence-corrected chi connectivity index (χ1v) is 3.34. The number of allylic oxidation sites excluding steroid dienone is 1. The molecule has 0 unspecified atom stereocenters. The third-order valence-electron chi connectivity index (χ3n) is 1.14. The lowest BCUT2D eigenvalue weighted by Gasteiger charge is -2.02. The summed E-state index contributed by atoms with van der Waals surface area (Å²) in [4.78, 5) is 21.4. The van der Waals surface area contributed by atoms with E-state index in [0.29, 0.717) is 6.42 Å². The minimum absolute atomic E-state index is 0.150. The molecule has 4 heteroatoms. The molecule has 0 rings (SSSR count). The van der Waals surface area contributed by atoms with Gasteiger partial charge in [0.2, 0.25) is 5.91 Å². The summed E-state index contributed by atoms with van der Waals surface area (Å²) in [6, 6.07) is 0. The number of hydrogen-bond acceptors (Lipinski definition) is 3. The maximum absolute atomic E-state index is 10.7. The van der Waals surface area contributed by atoms with Crippen LogP contribution in [0.3, 0.4) is 0 Å². The van der Waals surface area contributed by atoms with Crippen molar-refractivity contribution in [3.63, 3.8) is 0 Å². The van der Waals surface area contributed by atoms with Crippen molar-refractivity contribution in [3.8, 4) is 0 Å². The zero-order valence-corrected chi connectivity index (χ0v) is 6.68. The highest BCUT2D eigenvalue weighted by Crippen LogP contribution is 1.88. The second kappa shape index (κ2) is 4.49. The normalized spacial score (nSPS) is 10.9. The predicted molar refractivity (Wildman–Crippen MR) is 41.4 cm³/mol. The second-order valence-electron chi connectivity index (χ2n) is 2.04. The Balaban J connectivity index is 4.12. The van der Waals surface area contributed by atoms with Gasteiger partial charge >= 0.3 is 0 Å². The van der Waals surface area contributed by atoms with E-state index in [-0.39, 0.29) is 17.4 Å². The summed E-state index contributed by atoms with van der Waals surface area (Å²) in [5, 5.41) is 2.36. The van der Waals surface area contributed by atoms with Crippen molar-refractivity contribution in [2.24, 2.45) is 5.73 Å². The monoisotopic (exact) mass is 156 g/mol. The smallest absolute Gasteiger partial charge is 0.224 e. The van der Waals surface area contributed by atoms with Crippen LogP contribution in [-0.2, 0) is 9.59 Å². The molecule has 11 heavy (non-hydrogen) atoms. The molecule has 0 fully saturated rings. The number of nitrogens with one attached hydrogen (secondary N) is 1. The molecule has 0 aromatic rings. The van der Waals surface area contributed by atoms with E-state index >= 15 is 0 Å². The van der Waals surface area contributed by atoms with Gasteiger partial charge in [-0.15, -0.1) is 0 Å². The summed E-state index contributed by atoms with van der Waals surface area (Å²) in [6.45, 7) is 3.04. The molecule has 0 bridgehead atoms. The minimum Gasteiger partial charge on any atom is -0.403 e. The molecule has 0 saturated heterocycles. The lowest BCUT2D eigenvalue weighted by atomic mass is 10.3. The van der Waals surface area contributed by atoms with Gasteiger partial charge in [0.05, 0.1) is 5.70 Å². The molecule has 0 aromatic heterocycles. The fraction of sp³-hybridized carbons (Fsp3) is 0.429. The highest BCUT2D eigenvalue weighted by Gasteiger charge is 2.04. The second-order valence-corrected chi connectivity index (χ2v) is 2.04. The van der Waals surface area contributed by atoms with Gasteiger partial charge in [-0.2, -0.15) is 0 Å². The van der Waals surface area contributed by atoms with Crippen molar-refractivity contribution < 1.29 is 9.59 Å². The Morgan fingerprint density at radius 2 is 2.09 bits per heavy atom. The van der Waals surface area contributed by atoms with Crippen LogP contribution in [0.4, 0.5) is 0 Å². The molecule has 4 nitrogen and oxygen atoms in total. The standard InChI is InChI=1S/C7H12N2O2/c1-3-7(11)9-6(4-8)5(2)10/h4H,3,8H2,1-2H3,(H,9,11)/b6-4+. The molecule has 3 N–H and O–H groups in total. The van der Waals surface area contributed by atoms with Gasteiger partial charge in [0.15, 0.2) is 5.78 Å². The number of carbonyl (C=O) groups excluding carboxylic acids is 2. The lowest BCUT2D eigenvalue weighted by molar-refractivity contribution is -0.122. The topological polar surface area (TPSA) is 72.2 Å². The summed E-state index contributed by atoms with van der Waals surface area (Å²) < 4.78 is 0. The van der Waals surface area contributed by atoms with E-state index in [2.05, 4.69) is 5.32 Å². The molecule has 0 spiro atoms. The molecule has 0 aliphatic rings. The van der Waals surface area contributed by atoms with Gasteiger partial charge in [-0.25, -0.2) is 0 Å². The van der Waals surface area contributed by atoms with Crippen LogP contribution < -0.4 is 11.1 Å². The molecule has 0 radical (unpaired) electrons. The Bertz CT molecular complexity index is 197. The average molecular weight is 156 g/mol. The SMILES string of the molecule is CCC(=O)N/C(=C/N)C(C)=O. The summed E-state index contributed by atoms with van der Waals surface area (Å²) >= 11 is 0. The van der Waals surface area contributed by atoms with Crippen LogP contribution in [0.1, 0.15) is 20.3 Å². The maximum atomic E-state index is 10.7. The van der Waals surface area contributed by atoms with E-state index in [1.54, 1.807) is 6.92 Å². The summed E-state index contributed by atoms with van der Waals surface area (Å²) in [5.41, 5.74) is 5.23. The number of ketones is 1. The number of amides is 1. The van der Waals surface area contributed by atoms with Crippen LogP contribution in [0.2, 0.25) is 0 Å². The zero-order chi connectivity index (χ0) is 8.85. The summed E-state index contributed by atoms with van der Waals surface area (Å²) in [7, 11) is 0. The van der Waals surface area contributed by atoms with E-state index in [1.807, 2.05) is 0 Å². The Hall–Kier alpha value is -1.32. The van der Waals surface area contributed by atoms with E-state index in [4.69, 9.17) is 5.73 Å². The van der Waals surface area contributed by atoms with Crippen molar-refractivity contribution in [1.29, 1.82) is 0 Å². The van der Waals surface area contributed by atoms with Crippen molar-refractivity contribution in [2.45, 2.75) is 20.3 Å². The molecular formula is C7H12N2O2. The lowest BCUT2D eigenvalue weighted by Crippen LogP contribution is -2.26. The third kappa shape index (κ3) is 3.40. The number of nitrogens with two attached hydrogens (primary N) is 1. The van der Waals surface area contributed by atoms with Crippen LogP contribution in [0.5, 0.6) is 0 Å². The van der Waals surface area contributed by atoms with Gasteiger partial charge in [-0.3, -0.25) is 9.59 Å². The van der Waals surface area contributed by atoms with Crippen LogP contribution in [0.25, 0.3) is 0 Å². The largest absolute Gasteiger partial charge is 0.403 e. The van der Waals surface area contributed by atoms with Gasteiger partial charge in [-0.1, -0.05) is 6.92 Å². The number of Topliss-reactive ketones (excluding diaryl/α,β-unsaturated/α-hetero) is 1. The van der Waals surface area contributed by atoms with Gasteiger partial charge in [0.25, 0.3) is 0 Å². The van der Waals surface area contributed by atoms with Crippen LogP contribution >= 0.6 is 0 Å². The molecule has 0 atom stereocenters. The minimum atomic E-state index is -0.241. The van der Waals surface area contributed by atoms with E-state index in [1.165, 1.54) is 6.92 Å². The first-order chi connectivity index (χ1) is 5.11. The average Bonchev–Trinajstić information content (AvgIpc) is 1.99. The quantitative estimate of drug-likeness (QED) is 0.560. The van der Waals surface area contributed by atoms with Crippen LogP contribution in [0.15, 0.2) is 11.9 Å². The van der Waals surface area contributed by atoms with Crippen molar-refractivity contribution >= 4 is 11.7 Å². The molecule has 0 aromatic carbocycles. The molecule has 62 valence electrons. The van der Waals surface area contributed by atoms with Gasteiger partial charge in [0, 0.05) is 19.5 Å². The third-order valence-corrected chi connectivity index (χ3v) is 1.14. The molecule has 0 aliphatic heterocycles. The Morgan fingerprint density at radius 1 is 1.55 bits per heavy atom. The fourth-order valence-corrected chi connectivity index (χ4v) is 0.486. The number of rotatable bonds is 3. The molecule has 0 saturated carbocycles. The van der Waals surface area contributed by atoms with E-state index in [0.717, 1.165) is 6.20 Å². The fourth-order valence-electron chi connectivity index (χ4n) is 0.486. The highest BCUT2D eigenvalue weighted by molar-refractivity contribution is 5.97. The Labute approximate surface area is 65.5 Å². The van der Waals surface area contributed by atoms with Gasteiger partial charge in [-0.05, 0) is 0 Å².